The van der Waals surface area contributed by atoms with Crippen molar-refractivity contribution in [1.29, 1.82) is 0 Å². The lowest BCUT2D eigenvalue weighted by Gasteiger charge is -2.38. The highest BCUT2D eigenvalue weighted by Gasteiger charge is 2.35. The van der Waals surface area contributed by atoms with Crippen molar-refractivity contribution in [1.82, 2.24) is 0 Å². The third kappa shape index (κ3) is 2.75. The molecule has 0 aromatic heterocycles. The first kappa shape index (κ1) is 14.3. The second-order valence-corrected chi connectivity index (χ2v) is 7.02. The summed E-state index contributed by atoms with van der Waals surface area (Å²) in [6, 6.07) is 3.32. The maximum atomic E-state index is 13.5. The number of hydrogen-bond acceptors (Lipinski definition) is 0. The Morgan fingerprint density at radius 2 is 1.89 bits per heavy atom. The van der Waals surface area contributed by atoms with Crippen LogP contribution in [0.15, 0.2) is 12.1 Å². The molecule has 2 rings (SSSR count). The lowest BCUT2D eigenvalue weighted by atomic mass is 9.72. The van der Waals surface area contributed by atoms with Crippen LogP contribution in [0.1, 0.15) is 55.0 Å². The number of alkyl halides is 1. The summed E-state index contributed by atoms with van der Waals surface area (Å²) < 4.78 is 13.5. The third-order valence-electron chi connectivity index (χ3n) is 4.16. The molecule has 0 bridgehead atoms. The molecule has 1 aliphatic rings. The van der Waals surface area contributed by atoms with Gasteiger partial charge in [-0.3, -0.25) is 0 Å². The van der Waals surface area contributed by atoms with Gasteiger partial charge in [0.05, 0.1) is 0 Å². The Bertz CT molecular complexity index is 438. The maximum absolute atomic E-state index is 13.5. The molecule has 1 aromatic carbocycles. The molecule has 0 saturated heterocycles. The van der Waals surface area contributed by atoms with E-state index in [0.717, 1.165) is 5.56 Å². The molecule has 1 aromatic rings. The first-order valence-electron chi connectivity index (χ1n) is 6.54. The maximum Gasteiger partial charge on any atom is 0.127 e. The summed E-state index contributed by atoms with van der Waals surface area (Å²) in [5.74, 6) is -0.225. The number of aryl methyl sites for hydroxylation is 1. The predicted octanol–water partition coefficient (Wildman–Crippen LogP) is 6.19. The van der Waals surface area contributed by atoms with Gasteiger partial charge < -0.3 is 0 Å². The molecule has 1 aliphatic carbocycles. The van der Waals surface area contributed by atoms with Crippen LogP contribution in [0.2, 0.25) is 5.02 Å². The minimum absolute atomic E-state index is 0.206. The van der Waals surface area contributed by atoms with Gasteiger partial charge >= 0.3 is 0 Å². The van der Waals surface area contributed by atoms with Gasteiger partial charge in [-0.1, -0.05) is 59.8 Å². The van der Waals surface area contributed by atoms with Gasteiger partial charge in [0.15, 0.2) is 0 Å². The monoisotopic (exact) mass is 332 g/mol. The predicted molar refractivity (Wildman–Crippen MR) is 79.0 cm³/mol. The zero-order valence-electron chi connectivity index (χ0n) is 10.9. The zero-order chi connectivity index (χ0) is 13.3. The summed E-state index contributed by atoms with van der Waals surface area (Å²) in [6.07, 6.45) is 6.28. The second kappa shape index (κ2) is 5.50. The minimum Gasteiger partial charge on any atom is -0.207 e. The lowest BCUT2D eigenvalue weighted by Crippen LogP contribution is -2.25. The highest BCUT2D eigenvalue weighted by atomic mass is 79.9. The molecule has 1 saturated carbocycles. The van der Waals surface area contributed by atoms with E-state index in [4.69, 9.17) is 11.6 Å². The van der Waals surface area contributed by atoms with Crippen LogP contribution in [-0.2, 0) is 0 Å². The van der Waals surface area contributed by atoms with Crippen molar-refractivity contribution < 1.29 is 4.39 Å². The van der Waals surface area contributed by atoms with Crippen molar-refractivity contribution >= 4 is 27.5 Å². The van der Waals surface area contributed by atoms with Gasteiger partial charge in [0.25, 0.3) is 0 Å². The highest BCUT2D eigenvalue weighted by Crippen LogP contribution is 2.51. The summed E-state index contributed by atoms with van der Waals surface area (Å²) in [5.41, 5.74) is 1.92. The molecular weight excluding hydrogens is 315 g/mol. The molecule has 0 aliphatic heterocycles. The molecule has 0 nitrogen and oxygen atoms in total. The Kier molecular flexibility index (Phi) is 4.38. The fraction of sp³-hybridized carbons (Fsp3) is 0.600. The average molecular weight is 334 g/mol. The van der Waals surface area contributed by atoms with Gasteiger partial charge in [0, 0.05) is 9.85 Å². The van der Waals surface area contributed by atoms with Gasteiger partial charge in [-0.25, -0.2) is 4.39 Å². The standard InChI is InChI=1S/C15H19BrClF/c1-10-8-11(12(17)9-13(10)18)14(16)15(2)6-4-3-5-7-15/h8-9,14H,3-7H2,1-2H3. The molecule has 0 amide bonds. The highest BCUT2D eigenvalue weighted by molar-refractivity contribution is 9.09. The van der Waals surface area contributed by atoms with E-state index in [9.17, 15) is 4.39 Å². The van der Waals surface area contributed by atoms with Crippen molar-refractivity contribution in [2.24, 2.45) is 5.41 Å². The van der Waals surface area contributed by atoms with E-state index in [1.165, 1.54) is 38.2 Å². The van der Waals surface area contributed by atoms with E-state index in [1.54, 1.807) is 6.92 Å². The number of hydrogen-bond donors (Lipinski definition) is 0. The van der Waals surface area contributed by atoms with Gasteiger partial charge in [-0.05, 0) is 42.4 Å². The van der Waals surface area contributed by atoms with Crippen molar-refractivity contribution in [3.05, 3.63) is 34.1 Å². The smallest absolute Gasteiger partial charge is 0.127 e. The van der Waals surface area contributed by atoms with Crippen molar-refractivity contribution in [2.45, 2.75) is 50.8 Å². The Balaban J connectivity index is 2.33. The summed E-state index contributed by atoms with van der Waals surface area (Å²) in [6.45, 7) is 4.10. The zero-order valence-corrected chi connectivity index (χ0v) is 13.2. The lowest BCUT2D eigenvalue weighted by molar-refractivity contribution is 0.213. The number of benzene rings is 1. The van der Waals surface area contributed by atoms with Gasteiger partial charge in [-0.2, -0.15) is 0 Å². The molecule has 18 heavy (non-hydrogen) atoms. The molecule has 3 heteroatoms. The van der Waals surface area contributed by atoms with Crippen LogP contribution in [0.4, 0.5) is 4.39 Å². The van der Waals surface area contributed by atoms with Crippen LogP contribution in [-0.4, -0.2) is 0 Å². The van der Waals surface area contributed by atoms with Crippen LogP contribution in [0.25, 0.3) is 0 Å². The fourth-order valence-electron chi connectivity index (χ4n) is 2.86. The molecule has 1 atom stereocenters. The first-order valence-corrected chi connectivity index (χ1v) is 7.83. The van der Waals surface area contributed by atoms with Crippen molar-refractivity contribution in [3.8, 4) is 0 Å². The first-order chi connectivity index (χ1) is 8.44. The molecule has 100 valence electrons. The topological polar surface area (TPSA) is 0 Å². The summed E-state index contributed by atoms with van der Waals surface area (Å²) in [7, 11) is 0. The molecule has 1 fully saturated rings. The van der Waals surface area contributed by atoms with Crippen LogP contribution in [0.3, 0.4) is 0 Å². The molecular formula is C15H19BrClF. The van der Waals surface area contributed by atoms with Crippen molar-refractivity contribution in [2.75, 3.05) is 0 Å². The van der Waals surface area contributed by atoms with E-state index < -0.39 is 0 Å². The van der Waals surface area contributed by atoms with Crippen molar-refractivity contribution in [3.63, 3.8) is 0 Å². The fourth-order valence-corrected chi connectivity index (χ4v) is 4.09. The quantitative estimate of drug-likeness (QED) is 0.566. The summed E-state index contributed by atoms with van der Waals surface area (Å²) >= 11 is 10.0. The Labute approximate surface area is 122 Å². The molecule has 1 unspecified atom stereocenters. The molecule has 0 heterocycles. The summed E-state index contributed by atoms with van der Waals surface area (Å²) in [4.78, 5) is 0.206. The van der Waals surface area contributed by atoms with E-state index >= 15 is 0 Å². The second-order valence-electron chi connectivity index (χ2n) is 5.70. The average Bonchev–Trinajstić information content (AvgIpc) is 2.34. The third-order valence-corrected chi connectivity index (χ3v) is 6.08. The van der Waals surface area contributed by atoms with E-state index in [1.807, 2.05) is 6.07 Å². The normalized spacial score (nSPS) is 20.7. The van der Waals surface area contributed by atoms with Gasteiger partial charge in [0.1, 0.15) is 5.82 Å². The number of halogens is 3. The number of rotatable bonds is 2. The Hall–Kier alpha value is -0.0800. The van der Waals surface area contributed by atoms with E-state index in [0.29, 0.717) is 10.6 Å². The Morgan fingerprint density at radius 1 is 1.28 bits per heavy atom. The van der Waals surface area contributed by atoms with Gasteiger partial charge in [-0.15, -0.1) is 0 Å². The van der Waals surface area contributed by atoms with Crippen LogP contribution in [0.5, 0.6) is 0 Å². The van der Waals surface area contributed by atoms with E-state index in [-0.39, 0.29) is 16.1 Å². The Morgan fingerprint density at radius 3 is 2.50 bits per heavy atom. The van der Waals surface area contributed by atoms with Crippen LogP contribution < -0.4 is 0 Å². The largest absolute Gasteiger partial charge is 0.207 e. The van der Waals surface area contributed by atoms with E-state index in [2.05, 4.69) is 22.9 Å². The van der Waals surface area contributed by atoms with Gasteiger partial charge in [0.2, 0.25) is 0 Å². The molecule has 0 N–H and O–H groups in total. The SMILES string of the molecule is Cc1cc(C(Br)C2(C)CCCCC2)c(Cl)cc1F. The van der Waals surface area contributed by atoms with Crippen LogP contribution in [0, 0.1) is 18.2 Å². The molecule has 0 spiro atoms. The minimum atomic E-state index is -0.225. The summed E-state index contributed by atoms with van der Waals surface area (Å²) in [5, 5.41) is 0.534. The molecule has 0 radical (unpaired) electrons. The van der Waals surface area contributed by atoms with Crippen LogP contribution >= 0.6 is 27.5 Å².